The van der Waals surface area contributed by atoms with E-state index in [0.29, 0.717) is 5.75 Å². The number of nitrogens with zero attached hydrogens (tertiary/aromatic N) is 1. The van der Waals surface area contributed by atoms with E-state index in [1.807, 2.05) is 25.1 Å². The van der Waals surface area contributed by atoms with Gasteiger partial charge >= 0.3 is 0 Å². The number of likely N-dealkylation sites (tertiary alicyclic amines) is 1. The lowest BCUT2D eigenvalue weighted by Crippen LogP contribution is -2.39. The second-order valence-corrected chi connectivity index (χ2v) is 5.84. The molecule has 1 amide bonds. The first-order valence-corrected chi connectivity index (χ1v) is 7.26. The standard InChI is InChI=1S/C16H24N2O2/c1-4-13(12-7-5-6-8-14(12)19)18-10-9-16(2,11-18)15(20)17-3/h5-8,13,19H,4,9-11H2,1-3H3,(H,17,20). The highest BCUT2D eigenvalue weighted by atomic mass is 16.3. The number of aromatic hydroxyl groups is 1. The third-order valence-corrected chi connectivity index (χ3v) is 4.40. The predicted molar refractivity (Wildman–Crippen MR) is 79.5 cm³/mol. The molecule has 1 saturated heterocycles. The molecule has 1 aromatic rings. The number of carbonyl (C=O) groups excluding carboxylic acids is 1. The van der Waals surface area contributed by atoms with Crippen LogP contribution in [-0.4, -0.2) is 36.1 Å². The number of para-hydroxylation sites is 1. The molecule has 2 rings (SSSR count). The van der Waals surface area contributed by atoms with Gasteiger partial charge in [-0.05, 0) is 32.4 Å². The molecular weight excluding hydrogens is 252 g/mol. The Morgan fingerprint density at radius 3 is 2.80 bits per heavy atom. The van der Waals surface area contributed by atoms with Gasteiger partial charge in [0.2, 0.25) is 5.91 Å². The zero-order valence-electron chi connectivity index (χ0n) is 12.5. The van der Waals surface area contributed by atoms with Crippen LogP contribution >= 0.6 is 0 Å². The molecule has 4 heteroatoms. The molecule has 1 aliphatic heterocycles. The van der Waals surface area contributed by atoms with Crippen molar-refractivity contribution in [3.8, 4) is 5.75 Å². The van der Waals surface area contributed by atoms with Crippen molar-refractivity contribution >= 4 is 5.91 Å². The molecule has 0 spiro atoms. The summed E-state index contributed by atoms with van der Waals surface area (Å²) in [5, 5.41) is 12.8. The van der Waals surface area contributed by atoms with E-state index in [0.717, 1.165) is 31.5 Å². The van der Waals surface area contributed by atoms with Crippen LogP contribution in [0.2, 0.25) is 0 Å². The normalized spacial score (nSPS) is 24.6. The van der Waals surface area contributed by atoms with Gasteiger partial charge in [-0.25, -0.2) is 0 Å². The summed E-state index contributed by atoms with van der Waals surface area (Å²) < 4.78 is 0. The van der Waals surface area contributed by atoms with Crippen LogP contribution in [0.25, 0.3) is 0 Å². The third kappa shape index (κ3) is 2.66. The largest absolute Gasteiger partial charge is 0.508 e. The molecule has 0 saturated carbocycles. The van der Waals surface area contributed by atoms with Crippen molar-refractivity contribution < 1.29 is 9.90 Å². The van der Waals surface area contributed by atoms with Gasteiger partial charge in [0.1, 0.15) is 5.75 Å². The zero-order chi connectivity index (χ0) is 14.8. The van der Waals surface area contributed by atoms with Crippen LogP contribution in [-0.2, 0) is 4.79 Å². The predicted octanol–water partition coefficient (Wildman–Crippen LogP) is 2.30. The van der Waals surface area contributed by atoms with Gasteiger partial charge in [0.25, 0.3) is 0 Å². The first-order valence-electron chi connectivity index (χ1n) is 7.26. The number of rotatable bonds is 4. The second-order valence-electron chi connectivity index (χ2n) is 5.84. The topological polar surface area (TPSA) is 52.6 Å². The third-order valence-electron chi connectivity index (χ3n) is 4.40. The molecule has 1 heterocycles. The van der Waals surface area contributed by atoms with Crippen LogP contribution in [0.15, 0.2) is 24.3 Å². The number of benzene rings is 1. The molecule has 20 heavy (non-hydrogen) atoms. The Morgan fingerprint density at radius 1 is 1.50 bits per heavy atom. The fraction of sp³-hybridized carbons (Fsp3) is 0.562. The number of carbonyl (C=O) groups is 1. The van der Waals surface area contributed by atoms with E-state index >= 15 is 0 Å². The molecule has 1 fully saturated rings. The van der Waals surface area contributed by atoms with Gasteiger partial charge in [-0.1, -0.05) is 25.1 Å². The van der Waals surface area contributed by atoms with Gasteiger partial charge in [0.15, 0.2) is 0 Å². The number of phenols is 1. The lowest BCUT2D eigenvalue weighted by atomic mass is 9.88. The number of hydrogen-bond acceptors (Lipinski definition) is 3. The molecule has 4 nitrogen and oxygen atoms in total. The summed E-state index contributed by atoms with van der Waals surface area (Å²) in [6.07, 6.45) is 1.78. The second kappa shape index (κ2) is 5.83. The summed E-state index contributed by atoms with van der Waals surface area (Å²) in [5.41, 5.74) is 0.628. The Hall–Kier alpha value is -1.55. The molecule has 110 valence electrons. The number of nitrogens with one attached hydrogen (secondary N) is 1. The van der Waals surface area contributed by atoms with Gasteiger partial charge < -0.3 is 10.4 Å². The lowest BCUT2D eigenvalue weighted by Gasteiger charge is -2.29. The van der Waals surface area contributed by atoms with E-state index in [1.165, 1.54) is 0 Å². The fourth-order valence-corrected chi connectivity index (χ4v) is 3.19. The minimum atomic E-state index is -0.327. The van der Waals surface area contributed by atoms with Crippen LogP contribution in [0.5, 0.6) is 5.75 Å². The Morgan fingerprint density at radius 2 is 2.20 bits per heavy atom. The SMILES string of the molecule is CCC(c1ccccc1O)N1CCC(C)(C(=O)NC)C1. The van der Waals surface area contributed by atoms with Crippen molar-refractivity contribution in [3.05, 3.63) is 29.8 Å². The van der Waals surface area contributed by atoms with Crippen molar-refractivity contribution in [2.24, 2.45) is 5.41 Å². The average molecular weight is 276 g/mol. The van der Waals surface area contributed by atoms with Crippen molar-refractivity contribution in [2.75, 3.05) is 20.1 Å². The molecule has 2 N–H and O–H groups in total. The monoisotopic (exact) mass is 276 g/mol. The van der Waals surface area contributed by atoms with Crippen molar-refractivity contribution in [3.63, 3.8) is 0 Å². The Labute approximate surface area is 120 Å². The summed E-state index contributed by atoms with van der Waals surface area (Å²) in [4.78, 5) is 14.3. The minimum absolute atomic E-state index is 0.104. The molecule has 0 bridgehead atoms. The minimum Gasteiger partial charge on any atom is -0.508 e. The first-order chi connectivity index (χ1) is 9.51. The van der Waals surface area contributed by atoms with E-state index in [4.69, 9.17) is 0 Å². The van der Waals surface area contributed by atoms with Gasteiger partial charge in [0, 0.05) is 25.2 Å². The van der Waals surface area contributed by atoms with Gasteiger partial charge in [-0.3, -0.25) is 9.69 Å². The Kier molecular flexibility index (Phi) is 4.33. The molecule has 0 aliphatic carbocycles. The van der Waals surface area contributed by atoms with E-state index in [2.05, 4.69) is 17.1 Å². The number of phenolic OH excluding ortho intramolecular Hbond substituents is 1. The van der Waals surface area contributed by atoms with Crippen molar-refractivity contribution in [1.29, 1.82) is 0 Å². The van der Waals surface area contributed by atoms with Crippen LogP contribution in [0.4, 0.5) is 0 Å². The molecular formula is C16H24N2O2. The first kappa shape index (κ1) is 14.9. The van der Waals surface area contributed by atoms with E-state index < -0.39 is 0 Å². The molecule has 1 aliphatic rings. The quantitative estimate of drug-likeness (QED) is 0.887. The summed E-state index contributed by atoms with van der Waals surface area (Å²) in [6, 6.07) is 7.66. The Balaban J connectivity index is 2.19. The Bertz CT molecular complexity index is 489. The smallest absolute Gasteiger partial charge is 0.227 e. The van der Waals surface area contributed by atoms with Crippen molar-refractivity contribution in [2.45, 2.75) is 32.7 Å². The van der Waals surface area contributed by atoms with E-state index in [-0.39, 0.29) is 17.4 Å². The highest BCUT2D eigenvalue weighted by Crippen LogP contribution is 2.38. The maximum atomic E-state index is 12.0. The highest BCUT2D eigenvalue weighted by Gasteiger charge is 2.42. The van der Waals surface area contributed by atoms with Crippen LogP contribution < -0.4 is 5.32 Å². The van der Waals surface area contributed by atoms with Gasteiger partial charge in [-0.2, -0.15) is 0 Å². The summed E-state index contributed by atoms with van der Waals surface area (Å²) in [5.74, 6) is 0.444. The molecule has 0 aromatic heterocycles. The number of amides is 1. The number of hydrogen-bond donors (Lipinski definition) is 2. The van der Waals surface area contributed by atoms with Crippen LogP contribution in [0, 0.1) is 5.41 Å². The van der Waals surface area contributed by atoms with Crippen LogP contribution in [0.1, 0.15) is 38.3 Å². The summed E-state index contributed by atoms with van der Waals surface area (Å²) in [6.45, 7) is 5.76. The molecule has 2 atom stereocenters. The van der Waals surface area contributed by atoms with Crippen molar-refractivity contribution in [1.82, 2.24) is 10.2 Å². The molecule has 2 unspecified atom stereocenters. The van der Waals surface area contributed by atoms with E-state index in [1.54, 1.807) is 13.1 Å². The van der Waals surface area contributed by atoms with Gasteiger partial charge in [-0.15, -0.1) is 0 Å². The summed E-state index contributed by atoms with van der Waals surface area (Å²) >= 11 is 0. The molecule has 1 aromatic carbocycles. The fourth-order valence-electron chi connectivity index (χ4n) is 3.19. The highest BCUT2D eigenvalue weighted by molar-refractivity contribution is 5.82. The maximum Gasteiger partial charge on any atom is 0.227 e. The molecule has 0 radical (unpaired) electrons. The summed E-state index contributed by atoms with van der Waals surface area (Å²) in [7, 11) is 1.69. The van der Waals surface area contributed by atoms with Gasteiger partial charge in [0.05, 0.1) is 5.41 Å². The van der Waals surface area contributed by atoms with Crippen LogP contribution in [0.3, 0.4) is 0 Å². The maximum absolute atomic E-state index is 12.0. The zero-order valence-corrected chi connectivity index (χ0v) is 12.5. The lowest BCUT2D eigenvalue weighted by molar-refractivity contribution is -0.129. The van der Waals surface area contributed by atoms with E-state index in [9.17, 15) is 9.90 Å². The average Bonchev–Trinajstić information content (AvgIpc) is 2.84.